The second-order valence-corrected chi connectivity index (χ2v) is 6.08. The Hall–Kier alpha value is -3.07. The molecule has 0 fully saturated rings. The molecule has 9 heteroatoms. The van der Waals surface area contributed by atoms with Crippen molar-refractivity contribution in [2.45, 2.75) is 6.92 Å². The summed E-state index contributed by atoms with van der Waals surface area (Å²) in [5, 5.41) is 13.7. The van der Waals surface area contributed by atoms with Gasteiger partial charge in [0.15, 0.2) is 16.5 Å². The van der Waals surface area contributed by atoms with Gasteiger partial charge in [0.1, 0.15) is 0 Å². The van der Waals surface area contributed by atoms with E-state index in [0.29, 0.717) is 10.8 Å². The lowest BCUT2D eigenvalue weighted by molar-refractivity contribution is 0.102. The third-order valence-electron chi connectivity index (χ3n) is 3.75. The molecule has 0 spiro atoms. The Labute approximate surface area is 140 Å². The van der Waals surface area contributed by atoms with E-state index in [-0.39, 0.29) is 11.6 Å². The van der Waals surface area contributed by atoms with Gasteiger partial charge in [-0.15, -0.1) is 11.3 Å². The lowest BCUT2D eigenvalue weighted by Gasteiger charge is -2.03. The molecular weight excluding hydrogens is 326 g/mol. The molecule has 0 saturated heterocycles. The minimum Gasteiger partial charge on any atom is -0.296 e. The van der Waals surface area contributed by atoms with Crippen LogP contribution >= 0.6 is 11.3 Å². The minimum atomic E-state index is -0.315. The largest absolute Gasteiger partial charge is 0.296 e. The summed E-state index contributed by atoms with van der Waals surface area (Å²) in [6.07, 6.45) is 5.11. The number of hydrogen-bond donors (Lipinski definition) is 1. The number of nitrogens with zero attached hydrogens (tertiary/aromatic N) is 6. The summed E-state index contributed by atoms with van der Waals surface area (Å²) in [5.41, 5.74) is 3.66. The zero-order valence-corrected chi connectivity index (χ0v) is 13.8. The van der Waals surface area contributed by atoms with E-state index in [2.05, 4.69) is 25.5 Å². The van der Waals surface area contributed by atoms with Crippen LogP contribution < -0.4 is 5.32 Å². The summed E-state index contributed by atoms with van der Waals surface area (Å²) in [7, 11) is 1.88. The number of hydrogen-bond acceptors (Lipinski definition) is 6. The molecule has 4 aromatic rings. The van der Waals surface area contributed by atoms with Gasteiger partial charge >= 0.3 is 0 Å². The van der Waals surface area contributed by atoms with E-state index in [0.717, 1.165) is 17.0 Å². The molecule has 0 radical (unpaired) electrons. The van der Waals surface area contributed by atoms with Gasteiger partial charge in [-0.1, -0.05) is 0 Å². The van der Waals surface area contributed by atoms with Crippen molar-refractivity contribution >= 4 is 28.0 Å². The second-order valence-electron chi connectivity index (χ2n) is 5.19. The predicted octanol–water partition coefficient (Wildman–Crippen LogP) is 2.15. The number of carbonyl (C=O) groups is 1. The molecule has 0 saturated carbocycles. The molecule has 24 heavy (non-hydrogen) atoms. The lowest BCUT2D eigenvalue weighted by Crippen LogP contribution is -2.12. The van der Waals surface area contributed by atoms with E-state index < -0.39 is 0 Å². The highest BCUT2D eigenvalue weighted by molar-refractivity contribution is 7.13. The van der Waals surface area contributed by atoms with Crippen molar-refractivity contribution in [1.29, 1.82) is 0 Å². The molecule has 0 aliphatic carbocycles. The van der Waals surface area contributed by atoms with Crippen LogP contribution in [0.2, 0.25) is 0 Å². The van der Waals surface area contributed by atoms with Gasteiger partial charge in [0, 0.05) is 42.1 Å². The van der Waals surface area contributed by atoms with E-state index in [9.17, 15) is 4.79 Å². The fourth-order valence-electron chi connectivity index (χ4n) is 2.41. The van der Waals surface area contributed by atoms with Gasteiger partial charge in [0.2, 0.25) is 0 Å². The Balaban J connectivity index is 1.77. The zero-order valence-electron chi connectivity index (χ0n) is 13.0. The number of amides is 1. The van der Waals surface area contributed by atoms with Crippen molar-refractivity contribution in [2.75, 3.05) is 5.32 Å². The lowest BCUT2D eigenvalue weighted by atomic mass is 10.2. The molecule has 8 nitrogen and oxygen atoms in total. The third-order valence-corrected chi connectivity index (χ3v) is 4.44. The standard InChI is InChI=1S/C15H13N7OS/c1-9-10(8-18-21(9)2)12-3-4-16-13-7-11(20-22(12)13)14(23)19-15-17-5-6-24-15/h3-8H,1-2H3,(H,17,19,23). The van der Waals surface area contributed by atoms with Crippen molar-refractivity contribution in [3.8, 4) is 11.3 Å². The van der Waals surface area contributed by atoms with E-state index in [1.54, 1.807) is 39.2 Å². The summed E-state index contributed by atoms with van der Waals surface area (Å²) >= 11 is 1.35. The van der Waals surface area contributed by atoms with Crippen LogP contribution in [0.4, 0.5) is 5.13 Å². The molecule has 120 valence electrons. The summed E-state index contributed by atoms with van der Waals surface area (Å²) in [4.78, 5) is 20.7. The number of rotatable bonds is 3. The van der Waals surface area contributed by atoms with Gasteiger partial charge in [-0.2, -0.15) is 10.2 Å². The maximum atomic E-state index is 12.3. The highest BCUT2D eigenvalue weighted by Crippen LogP contribution is 2.23. The first-order chi connectivity index (χ1) is 11.6. The number of fused-ring (bicyclic) bond motifs is 1. The van der Waals surface area contributed by atoms with Crippen molar-refractivity contribution in [3.63, 3.8) is 0 Å². The van der Waals surface area contributed by atoms with E-state index in [4.69, 9.17) is 0 Å². The van der Waals surface area contributed by atoms with Crippen molar-refractivity contribution in [1.82, 2.24) is 29.4 Å². The Kier molecular flexibility index (Phi) is 3.35. The first-order valence-electron chi connectivity index (χ1n) is 7.18. The van der Waals surface area contributed by atoms with Crippen LogP contribution in [0.15, 0.2) is 36.1 Å². The molecule has 0 aromatic carbocycles. The summed E-state index contributed by atoms with van der Waals surface area (Å²) in [6.45, 7) is 1.98. The highest BCUT2D eigenvalue weighted by Gasteiger charge is 2.16. The van der Waals surface area contributed by atoms with Crippen molar-refractivity contribution < 1.29 is 4.79 Å². The second kappa shape index (κ2) is 5.53. The number of carbonyl (C=O) groups excluding carboxylic acids is 1. The number of thiazole rings is 1. The maximum absolute atomic E-state index is 12.3. The first kappa shape index (κ1) is 14.5. The Morgan fingerprint density at radius 3 is 2.88 bits per heavy atom. The SMILES string of the molecule is Cc1c(-c2ccnc3cc(C(=O)Nc4nccs4)nn23)cnn1C. The Morgan fingerprint density at radius 1 is 1.29 bits per heavy atom. The van der Waals surface area contributed by atoms with E-state index in [1.807, 2.05) is 20.0 Å². The van der Waals surface area contributed by atoms with Gasteiger partial charge in [-0.25, -0.2) is 14.5 Å². The molecule has 0 aliphatic heterocycles. The predicted molar refractivity (Wildman–Crippen MR) is 90.0 cm³/mol. The van der Waals surface area contributed by atoms with Crippen LogP contribution in [-0.2, 0) is 7.05 Å². The fourth-order valence-corrected chi connectivity index (χ4v) is 2.93. The highest BCUT2D eigenvalue weighted by atomic mass is 32.1. The molecule has 1 N–H and O–H groups in total. The van der Waals surface area contributed by atoms with Crippen LogP contribution in [0.5, 0.6) is 0 Å². The monoisotopic (exact) mass is 339 g/mol. The van der Waals surface area contributed by atoms with Crippen molar-refractivity contribution in [3.05, 3.63) is 47.5 Å². The molecular formula is C15H13N7OS. The summed E-state index contributed by atoms with van der Waals surface area (Å²) in [6, 6.07) is 3.50. The zero-order chi connectivity index (χ0) is 16.7. The Morgan fingerprint density at radius 2 is 2.17 bits per heavy atom. The van der Waals surface area contributed by atoms with Crippen molar-refractivity contribution in [2.24, 2.45) is 7.05 Å². The average Bonchev–Trinajstić information content (AvgIpc) is 3.29. The van der Waals surface area contributed by atoms with Gasteiger partial charge in [-0.05, 0) is 13.0 Å². The van der Waals surface area contributed by atoms with Crippen LogP contribution in [0.1, 0.15) is 16.2 Å². The molecule has 4 aromatic heterocycles. The molecule has 4 heterocycles. The summed E-state index contributed by atoms with van der Waals surface area (Å²) in [5.74, 6) is -0.315. The maximum Gasteiger partial charge on any atom is 0.278 e. The number of anilines is 1. The number of aromatic nitrogens is 6. The normalized spacial score (nSPS) is 11.1. The average molecular weight is 339 g/mol. The molecule has 0 aliphatic rings. The molecule has 0 bridgehead atoms. The molecule has 1 amide bonds. The molecule has 0 atom stereocenters. The number of nitrogens with one attached hydrogen (secondary N) is 1. The third kappa shape index (κ3) is 2.35. The van der Waals surface area contributed by atoms with Crippen LogP contribution in [0, 0.1) is 6.92 Å². The topological polar surface area (TPSA) is 90.0 Å². The Bertz CT molecular complexity index is 1030. The molecule has 4 rings (SSSR count). The quantitative estimate of drug-likeness (QED) is 0.618. The summed E-state index contributed by atoms with van der Waals surface area (Å²) < 4.78 is 3.45. The van der Waals surface area contributed by atoms with Gasteiger partial charge in [0.05, 0.1) is 11.9 Å². The number of aryl methyl sites for hydroxylation is 1. The van der Waals surface area contributed by atoms with Crippen LogP contribution in [0.25, 0.3) is 16.9 Å². The van der Waals surface area contributed by atoms with E-state index in [1.165, 1.54) is 11.3 Å². The van der Waals surface area contributed by atoms with E-state index >= 15 is 0 Å². The van der Waals surface area contributed by atoms with Gasteiger partial charge < -0.3 is 0 Å². The van der Waals surface area contributed by atoms with Crippen LogP contribution in [-0.4, -0.2) is 35.3 Å². The first-order valence-corrected chi connectivity index (χ1v) is 8.06. The minimum absolute atomic E-state index is 0.284. The van der Waals surface area contributed by atoms with Gasteiger partial charge in [0.25, 0.3) is 5.91 Å². The molecule has 0 unspecified atom stereocenters. The van der Waals surface area contributed by atoms with Crippen LogP contribution in [0.3, 0.4) is 0 Å². The smallest absolute Gasteiger partial charge is 0.278 e. The fraction of sp³-hybridized carbons (Fsp3) is 0.133. The van der Waals surface area contributed by atoms with Gasteiger partial charge in [-0.3, -0.25) is 14.8 Å².